The maximum absolute atomic E-state index is 13.1. The molecule has 2 aliphatic heterocycles. The lowest BCUT2D eigenvalue weighted by Gasteiger charge is -2.31. The molecule has 12 nitrogen and oxygen atoms in total. The number of ether oxygens (including phenoxy) is 5. The van der Waals surface area contributed by atoms with Crippen LogP contribution in [0.5, 0.6) is 11.5 Å². The van der Waals surface area contributed by atoms with Crippen LogP contribution in [-0.2, 0) is 25.7 Å². The molecule has 2 aromatic carbocycles. The Morgan fingerprint density at radius 3 is 1.67 bits per heavy atom. The molecule has 0 radical (unpaired) electrons. The van der Waals surface area contributed by atoms with Crippen LogP contribution in [0.2, 0.25) is 0 Å². The molecule has 2 aliphatic rings. The fourth-order valence-electron chi connectivity index (χ4n) is 11.0. The van der Waals surface area contributed by atoms with E-state index in [0.29, 0.717) is 45.9 Å². The average Bonchev–Trinajstić information content (AvgIpc) is 4.24. The first-order valence-corrected chi connectivity index (χ1v) is 30.9. The third kappa shape index (κ3) is 22.3. The van der Waals surface area contributed by atoms with Crippen molar-refractivity contribution in [2.75, 3.05) is 46.7 Å². The highest BCUT2D eigenvalue weighted by atomic mass is 16.7. The number of esters is 1. The largest absolute Gasteiger partial charge is 0.497 e. The maximum atomic E-state index is 13.1. The SMILES string of the molecule is CCCCC/C=C\C/C=C\CCCCCCCCOC(=O)N1CCC(c2cn(COc3ccc4[nH]cc(C5CCN(C(=O)OCOC(=O)CCCCCCC/C=C\C/C=C\CCCCC)CC5)c4c3)c3ccc(OC)cc23)CC1. The number of piperidine rings is 2. The second kappa shape index (κ2) is 37.1. The average molecular weight is 1090 g/mol. The normalized spacial score (nSPS) is 14.8. The summed E-state index contributed by atoms with van der Waals surface area (Å²) in [5.41, 5.74) is 4.57. The highest BCUT2D eigenvalue weighted by Gasteiger charge is 2.29. The molecule has 6 rings (SSSR count). The van der Waals surface area contributed by atoms with E-state index in [-0.39, 0.29) is 30.7 Å². The van der Waals surface area contributed by atoms with E-state index in [4.69, 9.17) is 23.7 Å². The number of rotatable bonds is 37. The van der Waals surface area contributed by atoms with Crippen molar-refractivity contribution in [3.63, 3.8) is 0 Å². The lowest BCUT2D eigenvalue weighted by molar-refractivity contribution is -0.152. The summed E-state index contributed by atoms with van der Waals surface area (Å²) >= 11 is 0. The van der Waals surface area contributed by atoms with Gasteiger partial charge in [-0.05, 0) is 162 Å². The minimum Gasteiger partial charge on any atom is -0.497 e. The molecule has 0 aliphatic carbocycles. The first-order valence-electron chi connectivity index (χ1n) is 30.9. The zero-order valence-electron chi connectivity index (χ0n) is 48.7. The number of allylic oxidation sites excluding steroid dienone is 8. The number of carbonyl (C=O) groups excluding carboxylic acids is 3. The van der Waals surface area contributed by atoms with Gasteiger partial charge in [-0.1, -0.05) is 133 Å². The molecule has 4 heterocycles. The molecule has 0 spiro atoms. The van der Waals surface area contributed by atoms with Crippen LogP contribution in [0.25, 0.3) is 21.8 Å². The van der Waals surface area contributed by atoms with Crippen LogP contribution in [0.15, 0.2) is 97.4 Å². The van der Waals surface area contributed by atoms with E-state index < -0.39 is 6.09 Å². The molecule has 79 heavy (non-hydrogen) atoms. The zero-order valence-corrected chi connectivity index (χ0v) is 48.7. The van der Waals surface area contributed by atoms with Crippen molar-refractivity contribution in [2.24, 2.45) is 0 Å². The van der Waals surface area contributed by atoms with Gasteiger partial charge in [-0.15, -0.1) is 0 Å². The number of amides is 2. The first kappa shape index (κ1) is 62.3. The molecule has 0 atom stereocenters. The number of methoxy groups -OCH3 is 1. The number of H-pyrrole nitrogens is 1. The highest BCUT2D eigenvalue weighted by molar-refractivity contribution is 5.87. The summed E-state index contributed by atoms with van der Waals surface area (Å²) in [4.78, 5) is 45.4. The molecule has 1 N–H and O–H groups in total. The molecule has 0 bridgehead atoms. The van der Waals surface area contributed by atoms with E-state index in [1.165, 1.54) is 94.6 Å². The van der Waals surface area contributed by atoms with Gasteiger partial charge < -0.3 is 43.0 Å². The Kier molecular flexibility index (Phi) is 29.3. The van der Waals surface area contributed by atoms with Crippen molar-refractivity contribution in [2.45, 2.75) is 212 Å². The van der Waals surface area contributed by atoms with Crippen LogP contribution in [0.1, 0.15) is 217 Å². The van der Waals surface area contributed by atoms with Gasteiger partial charge in [0.15, 0.2) is 6.73 Å². The lowest BCUT2D eigenvalue weighted by Crippen LogP contribution is -2.38. The van der Waals surface area contributed by atoms with Gasteiger partial charge in [-0.2, -0.15) is 0 Å². The summed E-state index contributed by atoms with van der Waals surface area (Å²) in [5.74, 6) is 1.80. The number of hydrogen-bond acceptors (Lipinski definition) is 8. The summed E-state index contributed by atoms with van der Waals surface area (Å²) in [5, 5.41) is 2.26. The standard InChI is InChI=1S/C67H98N4O8/c1-4-6-8-10-12-14-16-18-20-22-24-26-28-30-32-34-48-76-66(73)69-46-42-56(43-47-69)62-52-71(64-39-37-57(75-3)49-60(62)64)53-77-58-36-38-63-59(50-58)61(51-68-63)55-40-44-70(45-41-55)67(74)79-54-78-65(72)35-33-31-29-27-25-23-21-19-17-15-13-11-9-7-5-2/h12-15,18-21,36-39,49-52,55-56,68H,4-11,16-17,22-35,40-48,53-54H2,1-3H3/b14-12-,15-13-,20-18-,21-19-. The molecule has 4 aromatic rings. The molecule has 2 fully saturated rings. The Morgan fingerprint density at radius 1 is 0.557 bits per heavy atom. The third-order valence-corrected chi connectivity index (χ3v) is 15.9. The van der Waals surface area contributed by atoms with Gasteiger partial charge in [0.05, 0.1) is 19.2 Å². The molecule has 12 heteroatoms. The Bertz CT molecular complexity index is 2490. The van der Waals surface area contributed by atoms with Gasteiger partial charge in [0.1, 0.15) is 11.5 Å². The van der Waals surface area contributed by atoms with Crippen LogP contribution in [0, 0.1) is 0 Å². The number of unbranched alkanes of at least 4 members (excludes halogenated alkanes) is 17. The van der Waals surface area contributed by atoms with Gasteiger partial charge in [-0.3, -0.25) is 4.79 Å². The molecule has 2 amide bonds. The van der Waals surface area contributed by atoms with Crippen molar-refractivity contribution in [3.05, 3.63) is 109 Å². The van der Waals surface area contributed by atoms with E-state index >= 15 is 0 Å². The predicted octanol–water partition coefficient (Wildman–Crippen LogP) is 17.9. The second-order valence-corrected chi connectivity index (χ2v) is 21.9. The van der Waals surface area contributed by atoms with Gasteiger partial charge in [-0.25, -0.2) is 9.59 Å². The molecule has 2 aromatic heterocycles. The fourth-order valence-corrected chi connectivity index (χ4v) is 11.0. The smallest absolute Gasteiger partial charge is 0.412 e. The Morgan fingerprint density at radius 2 is 1.08 bits per heavy atom. The third-order valence-electron chi connectivity index (χ3n) is 15.9. The van der Waals surface area contributed by atoms with E-state index in [2.05, 4.69) is 109 Å². The van der Waals surface area contributed by atoms with Crippen molar-refractivity contribution in [1.82, 2.24) is 19.4 Å². The number of carbonyl (C=O) groups is 3. The minimum absolute atomic E-state index is 0.194. The molecule has 0 saturated carbocycles. The summed E-state index contributed by atoms with van der Waals surface area (Å²) in [7, 11) is 1.70. The Labute approximate surface area is 474 Å². The van der Waals surface area contributed by atoms with Crippen LogP contribution in [-0.4, -0.2) is 84.2 Å². The molecular formula is C67H98N4O8. The predicted molar refractivity (Wildman–Crippen MR) is 322 cm³/mol. The summed E-state index contributed by atoms with van der Waals surface area (Å²) in [6, 6.07) is 12.4. The van der Waals surface area contributed by atoms with Crippen molar-refractivity contribution < 1.29 is 38.1 Å². The van der Waals surface area contributed by atoms with Crippen LogP contribution in [0.4, 0.5) is 9.59 Å². The number of benzene rings is 2. The number of fused-ring (bicyclic) bond motifs is 2. The Balaban J connectivity index is 0.857. The van der Waals surface area contributed by atoms with Crippen LogP contribution >= 0.6 is 0 Å². The molecule has 0 unspecified atom stereocenters. The lowest BCUT2D eigenvalue weighted by atomic mass is 9.89. The van der Waals surface area contributed by atoms with Gasteiger partial charge in [0.2, 0.25) is 6.79 Å². The van der Waals surface area contributed by atoms with E-state index in [1.54, 1.807) is 12.0 Å². The quantitative estimate of drug-likeness (QED) is 0.0205. The molecular weight excluding hydrogens is 989 g/mol. The second-order valence-electron chi connectivity index (χ2n) is 21.9. The van der Waals surface area contributed by atoms with Gasteiger partial charge in [0.25, 0.3) is 0 Å². The van der Waals surface area contributed by atoms with Crippen molar-refractivity contribution in [1.29, 1.82) is 0 Å². The fraction of sp³-hybridized carbons (Fsp3) is 0.597. The van der Waals surface area contributed by atoms with Crippen LogP contribution < -0.4 is 9.47 Å². The number of likely N-dealkylation sites (tertiary alicyclic amines) is 2. The topological polar surface area (TPSA) is 125 Å². The number of nitrogens with one attached hydrogen (secondary N) is 1. The zero-order chi connectivity index (χ0) is 55.5. The van der Waals surface area contributed by atoms with Crippen molar-refractivity contribution in [3.8, 4) is 11.5 Å². The molecule has 434 valence electrons. The first-order chi connectivity index (χ1) is 38.9. The Hall–Kier alpha value is -5.91. The number of nitrogens with zero attached hydrogens (tertiary/aromatic N) is 3. The van der Waals surface area contributed by atoms with E-state index in [0.717, 1.165) is 123 Å². The number of aromatic nitrogens is 2. The van der Waals surface area contributed by atoms with Gasteiger partial charge in [0, 0.05) is 61.3 Å². The van der Waals surface area contributed by atoms with E-state index in [9.17, 15) is 14.4 Å². The summed E-state index contributed by atoms with van der Waals surface area (Å²) in [6.07, 6.45) is 52.2. The van der Waals surface area contributed by atoms with Gasteiger partial charge >= 0.3 is 18.2 Å². The monoisotopic (exact) mass is 1090 g/mol. The van der Waals surface area contributed by atoms with E-state index in [1.807, 2.05) is 17.0 Å². The maximum Gasteiger partial charge on any atom is 0.412 e. The highest BCUT2D eigenvalue weighted by Crippen LogP contribution is 2.38. The summed E-state index contributed by atoms with van der Waals surface area (Å²) < 4.78 is 30.8. The van der Waals surface area contributed by atoms with Crippen LogP contribution in [0.3, 0.4) is 0 Å². The molecule has 2 saturated heterocycles. The minimum atomic E-state index is -0.448. The summed E-state index contributed by atoms with van der Waals surface area (Å²) in [6.45, 7) is 7.38. The number of aromatic amines is 1. The number of hydrogen-bond donors (Lipinski definition) is 1. The van der Waals surface area contributed by atoms with Crippen molar-refractivity contribution >= 4 is 40.0 Å².